The van der Waals surface area contributed by atoms with Crippen LogP contribution >= 0.6 is 0 Å². The lowest BCUT2D eigenvalue weighted by molar-refractivity contribution is -0.132. The van der Waals surface area contributed by atoms with E-state index < -0.39 is 5.54 Å². The number of methoxy groups -OCH3 is 1. The summed E-state index contributed by atoms with van der Waals surface area (Å²) < 4.78 is 5.30. The van der Waals surface area contributed by atoms with E-state index in [0.29, 0.717) is 13.0 Å². The highest BCUT2D eigenvalue weighted by Crippen LogP contribution is 2.41. The van der Waals surface area contributed by atoms with Gasteiger partial charge in [-0.2, -0.15) is 0 Å². The van der Waals surface area contributed by atoms with Crippen LogP contribution in [0.15, 0.2) is 48.5 Å². The number of fused-ring (bicyclic) bond motifs is 2. The van der Waals surface area contributed by atoms with Crippen LogP contribution in [-0.4, -0.2) is 23.9 Å². The molecule has 1 aliphatic carbocycles. The third-order valence-electron chi connectivity index (χ3n) is 5.13. The van der Waals surface area contributed by atoms with Crippen LogP contribution in [0.5, 0.6) is 5.75 Å². The minimum absolute atomic E-state index is 0.160. The Labute approximate surface area is 146 Å². The van der Waals surface area contributed by atoms with E-state index in [2.05, 4.69) is 5.32 Å². The number of nitrogens with one attached hydrogen (secondary N) is 1. The molecule has 2 aliphatic rings. The van der Waals surface area contributed by atoms with E-state index in [-0.39, 0.29) is 11.9 Å². The zero-order valence-electron chi connectivity index (χ0n) is 14.1. The number of urea groups is 1. The van der Waals surface area contributed by atoms with Crippen LogP contribution in [0.3, 0.4) is 0 Å². The molecular weight excluding hydrogens is 316 g/mol. The van der Waals surface area contributed by atoms with Crippen molar-refractivity contribution in [3.63, 3.8) is 0 Å². The van der Waals surface area contributed by atoms with Crippen molar-refractivity contribution in [2.75, 3.05) is 7.11 Å². The van der Waals surface area contributed by atoms with Crippen molar-refractivity contribution in [2.45, 2.75) is 31.3 Å². The van der Waals surface area contributed by atoms with Crippen LogP contribution in [-0.2, 0) is 23.3 Å². The first-order chi connectivity index (χ1) is 12.1. The molecule has 3 amide bonds. The molecule has 5 nitrogen and oxygen atoms in total. The number of ether oxygens (including phenoxy) is 1. The zero-order valence-corrected chi connectivity index (χ0v) is 14.1. The molecule has 1 atom stereocenters. The highest BCUT2D eigenvalue weighted by Gasteiger charge is 2.53. The number of amides is 3. The second-order valence-electron chi connectivity index (χ2n) is 6.59. The van der Waals surface area contributed by atoms with Gasteiger partial charge in [-0.3, -0.25) is 9.69 Å². The van der Waals surface area contributed by atoms with Crippen LogP contribution in [0.1, 0.15) is 29.5 Å². The molecule has 2 aromatic rings. The van der Waals surface area contributed by atoms with Crippen LogP contribution in [0.25, 0.3) is 0 Å². The first kappa shape index (κ1) is 15.7. The average Bonchev–Trinajstić information content (AvgIpc) is 2.87. The Morgan fingerprint density at radius 3 is 2.72 bits per heavy atom. The lowest BCUT2D eigenvalue weighted by Crippen LogP contribution is -2.46. The van der Waals surface area contributed by atoms with Gasteiger partial charge in [0.1, 0.15) is 11.3 Å². The molecule has 1 saturated heterocycles. The largest absolute Gasteiger partial charge is 0.497 e. The van der Waals surface area contributed by atoms with Crippen molar-refractivity contribution >= 4 is 11.9 Å². The quantitative estimate of drug-likeness (QED) is 0.877. The minimum Gasteiger partial charge on any atom is -0.497 e. The van der Waals surface area contributed by atoms with Gasteiger partial charge in [-0.05, 0) is 48.1 Å². The third-order valence-corrected chi connectivity index (χ3v) is 5.13. The van der Waals surface area contributed by atoms with Crippen molar-refractivity contribution < 1.29 is 14.3 Å². The first-order valence-corrected chi connectivity index (χ1v) is 8.49. The van der Waals surface area contributed by atoms with E-state index in [9.17, 15) is 9.59 Å². The molecule has 2 aromatic carbocycles. The van der Waals surface area contributed by atoms with Crippen molar-refractivity contribution in [3.8, 4) is 5.75 Å². The Balaban J connectivity index is 1.70. The number of nitrogens with zero attached hydrogens (tertiary/aromatic N) is 1. The molecule has 0 aromatic heterocycles. The first-order valence-electron chi connectivity index (χ1n) is 8.49. The summed E-state index contributed by atoms with van der Waals surface area (Å²) in [6.45, 7) is 0.290. The predicted octanol–water partition coefficient (Wildman–Crippen LogP) is 2.98. The fraction of sp³-hybridized carbons (Fsp3) is 0.300. The molecular formula is C20H20N2O3. The molecule has 1 fully saturated rings. The van der Waals surface area contributed by atoms with Gasteiger partial charge >= 0.3 is 6.03 Å². The standard InChI is InChI=1S/C20H20N2O3/c1-25-16-9-10-17-15(12-16)8-5-11-20(17)18(23)22(19(24)21-20)13-14-6-3-2-4-7-14/h2-4,6-7,9-10,12H,5,8,11,13H2,1H3,(H,21,24). The lowest BCUT2D eigenvalue weighted by Gasteiger charge is -2.33. The van der Waals surface area contributed by atoms with Crippen molar-refractivity contribution in [2.24, 2.45) is 0 Å². The summed E-state index contributed by atoms with van der Waals surface area (Å²) in [6.07, 6.45) is 2.36. The summed E-state index contributed by atoms with van der Waals surface area (Å²) in [4.78, 5) is 27.1. The van der Waals surface area contributed by atoms with Crippen molar-refractivity contribution in [3.05, 3.63) is 65.2 Å². The fourth-order valence-corrected chi connectivity index (χ4v) is 3.89. The maximum atomic E-state index is 13.2. The summed E-state index contributed by atoms with van der Waals surface area (Å²) in [7, 11) is 1.63. The monoisotopic (exact) mass is 336 g/mol. The number of rotatable bonds is 3. The van der Waals surface area contributed by atoms with Gasteiger partial charge in [0.2, 0.25) is 0 Å². The molecule has 1 N–H and O–H groups in total. The summed E-state index contributed by atoms with van der Waals surface area (Å²) in [5.41, 5.74) is 1.97. The molecule has 1 spiro atoms. The molecule has 4 rings (SSSR count). The van der Waals surface area contributed by atoms with E-state index in [4.69, 9.17) is 4.74 Å². The summed E-state index contributed by atoms with van der Waals surface area (Å²) in [5.74, 6) is 0.612. The van der Waals surface area contributed by atoms with Crippen LogP contribution in [0, 0.1) is 0 Å². The Kier molecular flexibility index (Phi) is 3.71. The molecule has 0 saturated carbocycles. The van der Waals surface area contributed by atoms with E-state index in [1.165, 1.54) is 4.90 Å². The smallest absolute Gasteiger partial charge is 0.325 e. The summed E-state index contributed by atoms with van der Waals surface area (Å²) in [5, 5.41) is 2.98. The topological polar surface area (TPSA) is 58.6 Å². The molecule has 5 heteroatoms. The van der Waals surface area contributed by atoms with Gasteiger partial charge in [-0.15, -0.1) is 0 Å². The van der Waals surface area contributed by atoms with Gasteiger partial charge in [0.05, 0.1) is 13.7 Å². The van der Waals surface area contributed by atoms with Gasteiger partial charge in [0.15, 0.2) is 0 Å². The van der Waals surface area contributed by atoms with Crippen molar-refractivity contribution in [1.29, 1.82) is 0 Å². The summed E-state index contributed by atoms with van der Waals surface area (Å²) >= 11 is 0. The molecule has 128 valence electrons. The SMILES string of the molecule is COc1ccc2c(c1)CCCC21NC(=O)N(Cc2ccccc2)C1=O. The predicted molar refractivity (Wildman–Crippen MR) is 93.1 cm³/mol. The Bertz CT molecular complexity index is 834. The van der Waals surface area contributed by atoms with Crippen molar-refractivity contribution in [1.82, 2.24) is 10.2 Å². The molecule has 1 heterocycles. The van der Waals surface area contributed by atoms with Gasteiger partial charge < -0.3 is 10.1 Å². The number of aryl methyl sites for hydroxylation is 1. The minimum atomic E-state index is -0.939. The van der Waals surface area contributed by atoms with Crippen LogP contribution in [0.4, 0.5) is 4.79 Å². The zero-order chi connectivity index (χ0) is 17.4. The number of carbonyl (C=O) groups is 2. The van der Waals surface area contributed by atoms with Crippen LogP contribution in [0.2, 0.25) is 0 Å². The second kappa shape index (κ2) is 5.92. The number of imide groups is 1. The molecule has 1 unspecified atom stereocenters. The van der Waals surface area contributed by atoms with Gasteiger partial charge in [0.25, 0.3) is 5.91 Å². The molecule has 0 bridgehead atoms. The Morgan fingerprint density at radius 2 is 1.96 bits per heavy atom. The molecule has 0 radical (unpaired) electrons. The van der Waals surface area contributed by atoms with Gasteiger partial charge in [-0.1, -0.05) is 36.4 Å². The normalized spacial score (nSPS) is 22.0. The maximum absolute atomic E-state index is 13.2. The lowest BCUT2D eigenvalue weighted by atomic mass is 9.76. The molecule has 1 aliphatic heterocycles. The van der Waals surface area contributed by atoms with Gasteiger partial charge in [0, 0.05) is 0 Å². The second-order valence-corrected chi connectivity index (χ2v) is 6.59. The number of carbonyl (C=O) groups excluding carboxylic acids is 2. The van der Waals surface area contributed by atoms with E-state index in [1.54, 1.807) is 7.11 Å². The van der Waals surface area contributed by atoms with Gasteiger partial charge in [-0.25, -0.2) is 4.79 Å². The maximum Gasteiger partial charge on any atom is 0.325 e. The summed E-state index contributed by atoms with van der Waals surface area (Å²) in [6, 6.07) is 15.0. The number of hydrogen-bond acceptors (Lipinski definition) is 3. The van der Waals surface area contributed by atoms with Crippen LogP contribution < -0.4 is 10.1 Å². The fourth-order valence-electron chi connectivity index (χ4n) is 3.89. The Morgan fingerprint density at radius 1 is 1.16 bits per heavy atom. The van der Waals surface area contributed by atoms with E-state index >= 15 is 0 Å². The highest BCUT2D eigenvalue weighted by molar-refractivity contribution is 6.07. The number of benzene rings is 2. The molecule has 25 heavy (non-hydrogen) atoms. The third kappa shape index (κ3) is 2.47. The number of hydrogen-bond donors (Lipinski definition) is 1. The Hall–Kier alpha value is -2.82. The average molecular weight is 336 g/mol. The van der Waals surface area contributed by atoms with E-state index in [0.717, 1.165) is 35.3 Å². The highest BCUT2D eigenvalue weighted by atomic mass is 16.5. The van der Waals surface area contributed by atoms with E-state index in [1.807, 2.05) is 48.5 Å².